The first kappa shape index (κ1) is 25.9. The summed E-state index contributed by atoms with van der Waals surface area (Å²) in [6.07, 6.45) is -1.00. The number of rotatable bonds is 5. The lowest BCUT2D eigenvalue weighted by molar-refractivity contribution is -0.137. The van der Waals surface area contributed by atoms with Gasteiger partial charge in [-0.2, -0.15) is 24.5 Å². The molecule has 3 aromatic carbocycles. The number of thiophene rings is 1. The zero-order valence-corrected chi connectivity index (χ0v) is 23.7. The summed E-state index contributed by atoms with van der Waals surface area (Å²) < 4.78 is 56.0. The average Bonchev–Trinajstić information content (AvgIpc) is 3.49. The van der Waals surface area contributed by atoms with E-state index in [1.165, 1.54) is 23.5 Å². The number of imidazole rings is 1. The Balaban J connectivity index is 1.64. The summed E-state index contributed by atoms with van der Waals surface area (Å²) in [4.78, 5) is 5.47. The highest BCUT2D eigenvalue weighted by atomic mass is 127. The molecule has 0 unspecified atom stereocenters. The molecule has 2 aromatic heterocycles. The Morgan fingerprint density at radius 2 is 1.65 bits per heavy atom. The van der Waals surface area contributed by atoms with Gasteiger partial charge in [0.05, 0.1) is 11.3 Å². The third kappa shape index (κ3) is 5.30. The van der Waals surface area contributed by atoms with Gasteiger partial charge in [-0.25, -0.2) is 4.98 Å². The van der Waals surface area contributed by atoms with E-state index in [4.69, 9.17) is 4.98 Å². The highest BCUT2D eigenvalue weighted by Crippen LogP contribution is 2.39. The van der Waals surface area contributed by atoms with Crippen LogP contribution < -0.4 is 0 Å². The van der Waals surface area contributed by atoms with Gasteiger partial charge in [-0.15, -0.1) is 0 Å². The number of hydrogen-bond acceptors (Lipinski definition) is 3. The Bertz CT molecular complexity index is 1630. The number of benzene rings is 3. The van der Waals surface area contributed by atoms with Gasteiger partial charge < -0.3 is 0 Å². The van der Waals surface area contributed by atoms with Crippen molar-refractivity contribution >= 4 is 39.6 Å². The predicted octanol–water partition coefficient (Wildman–Crippen LogP) is 8.62. The Labute approximate surface area is 230 Å². The molecule has 0 radical (unpaired) electrons. The van der Waals surface area contributed by atoms with Crippen molar-refractivity contribution in [2.45, 2.75) is 18.0 Å². The SMILES string of the molecule is Cc1cscc1-c1cn(-c2ccc(-c3cccc([SH](C)(=O)I)c3)cc2)c(-c2ccccc2C(F)(F)F)n1. The van der Waals surface area contributed by atoms with E-state index in [0.29, 0.717) is 11.4 Å². The third-order valence-electron chi connectivity index (χ3n) is 6.10. The first-order valence-electron chi connectivity index (χ1n) is 11.3. The topological polar surface area (TPSA) is 34.9 Å². The second kappa shape index (κ2) is 9.85. The number of alkyl halides is 3. The summed E-state index contributed by atoms with van der Waals surface area (Å²) in [5.41, 5.74) is 4.34. The van der Waals surface area contributed by atoms with E-state index in [1.807, 2.05) is 87.4 Å². The molecule has 3 nitrogen and oxygen atoms in total. The molecule has 0 amide bonds. The van der Waals surface area contributed by atoms with Crippen molar-refractivity contribution in [2.75, 3.05) is 6.26 Å². The van der Waals surface area contributed by atoms with E-state index in [9.17, 15) is 17.4 Å². The summed E-state index contributed by atoms with van der Waals surface area (Å²) >= 11 is 3.51. The van der Waals surface area contributed by atoms with Crippen LogP contribution in [0.15, 0.2) is 94.6 Å². The highest BCUT2D eigenvalue weighted by molar-refractivity contribution is 14.2. The molecular weight excluding hydrogens is 628 g/mol. The monoisotopic (exact) mass is 650 g/mol. The van der Waals surface area contributed by atoms with Gasteiger partial charge in [-0.3, -0.25) is 8.78 Å². The summed E-state index contributed by atoms with van der Waals surface area (Å²) in [6.45, 7) is 1.96. The molecule has 0 fully saturated rings. The zero-order chi connectivity index (χ0) is 26.4. The maximum Gasteiger partial charge on any atom is 0.417 e. The fraction of sp³-hybridized carbons (Fsp3) is 0.107. The standard InChI is InChI=1S/C28H22F3IN2OS2/c1-18-16-36-17-24(18)26-15-34(27(33-26)23-8-3-4-9-25(23)28(29,30)31)21-12-10-19(11-13-21)20-6-5-7-22(14-20)37(2,32)35/h3-17,37H,1-2H3. The molecule has 5 rings (SSSR count). The first-order valence-corrected chi connectivity index (χ1v) is 17.2. The quantitative estimate of drug-likeness (QED) is 0.118. The van der Waals surface area contributed by atoms with Crippen molar-refractivity contribution in [1.82, 2.24) is 9.55 Å². The molecule has 0 spiro atoms. The Morgan fingerprint density at radius 1 is 0.919 bits per heavy atom. The highest BCUT2D eigenvalue weighted by Gasteiger charge is 2.34. The largest absolute Gasteiger partial charge is 0.417 e. The van der Waals surface area contributed by atoms with Crippen molar-refractivity contribution in [3.63, 3.8) is 0 Å². The van der Waals surface area contributed by atoms with Crippen molar-refractivity contribution in [3.05, 3.63) is 101 Å². The van der Waals surface area contributed by atoms with Gasteiger partial charge in [0.25, 0.3) is 0 Å². The lowest BCUT2D eigenvalue weighted by Gasteiger charge is -2.15. The van der Waals surface area contributed by atoms with Crippen LogP contribution in [0.1, 0.15) is 11.1 Å². The minimum Gasteiger partial charge on any atom is -0.299 e. The molecule has 0 saturated carbocycles. The molecular formula is C28H22F3IN2OS2. The molecule has 5 aromatic rings. The molecule has 0 N–H and O–H groups in total. The second-order valence-corrected chi connectivity index (χ2v) is 17.2. The smallest absolute Gasteiger partial charge is 0.299 e. The molecule has 0 aliphatic heterocycles. The molecule has 9 heteroatoms. The van der Waals surface area contributed by atoms with E-state index < -0.39 is 18.8 Å². The number of aryl methyl sites for hydroxylation is 1. The van der Waals surface area contributed by atoms with Crippen molar-refractivity contribution < 1.29 is 17.4 Å². The van der Waals surface area contributed by atoms with E-state index in [-0.39, 0.29) is 11.4 Å². The summed E-state index contributed by atoms with van der Waals surface area (Å²) in [5.74, 6) is 0.222. The van der Waals surface area contributed by atoms with Crippen molar-refractivity contribution in [3.8, 4) is 39.5 Å². The maximum absolute atomic E-state index is 13.9. The van der Waals surface area contributed by atoms with Gasteiger partial charge in [-0.1, -0.05) is 42.5 Å². The molecule has 0 atom stereocenters. The molecule has 0 aliphatic carbocycles. The fourth-order valence-corrected chi connectivity index (χ4v) is 6.66. The lowest BCUT2D eigenvalue weighted by Crippen LogP contribution is -2.08. The molecule has 190 valence electrons. The number of halogens is 4. The van der Waals surface area contributed by atoms with Crippen LogP contribution >= 0.6 is 32.5 Å². The Hall–Kier alpha value is -2.76. The Kier molecular flexibility index (Phi) is 6.88. The van der Waals surface area contributed by atoms with E-state index in [2.05, 4.69) is 0 Å². The normalized spacial score (nSPS) is 12.6. The van der Waals surface area contributed by atoms with Crippen LogP contribution in [0.4, 0.5) is 13.2 Å². The Morgan fingerprint density at radius 3 is 2.30 bits per heavy atom. The van der Waals surface area contributed by atoms with Crippen LogP contribution in [0.3, 0.4) is 0 Å². The van der Waals surface area contributed by atoms with Crippen LogP contribution in [0, 0.1) is 6.92 Å². The van der Waals surface area contributed by atoms with Crippen molar-refractivity contribution in [2.24, 2.45) is 0 Å². The van der Waals surface area contributed by atoms with Crippen LogP contribution in [-0.2, 0) is 13.3 Å². The lowest BCUT2D eigenvalue weighted by atomic mass is 10.0. The van der Waals surface area contributed by atoms with Gasteiger partial charge in [0.2, 0.25) is 0 Å². The summed E-state index contributed by atoms with van der Waals surface area (Å²) in [5, 5.41) is 3.95. The molecule has 37 heavy (non-hydrogen) atoms. The van der Waals surface area contributed by atoms with Gasteiger partial charge in [0.15, 0.2) is 0 Å². The van der Waals surface area contributed by atoms with Crippen molar-refractivity contribution in [1.29, 1.82) is 0 Å². The minimum atomic E-state index is -4.52. The van der Waals surface area contributed by atoms with E-state index in [1.54, 1.807) is 23.1 Å². The predicted molar refractivity (Wildman–Crippen MR) is 155 cm³/mol. The van der Waals surface area contributed by atoms with Gasteiger partial charge in [0.1, 0.15) is 5.82 Å². The van der Waals surface area contributed by atoms with Gasteiger partial charge in [-0.05, 0) is 66.4 Å². The second-order valence-electron chi connectivity index (χ2n) is 8.75. The van der Waals surface area contributed by atoms with Gasteiger partial charge in [0, 0.05) is 60.7 Å². The van der Waals surface area contributed by atoms with E-state index >= 15 is 0 Å². The third-order valence-corrected chi connectivity index (χ3v) is 9.83. The number of hydrogen-bond donors (Lipinski definition) is 1. The van der Waals surface area contributed by atoms with Crippen LogP contribution in [0.25, 0.3) is 39.5 Å². The maximum atomic E-state index is 13.9. The minimum absolute atomic E-state index is 0.0201. The number of nitrogens with zero attached hydrogens (tertiary/aromatic N) is 2. The zero-order valence-electron chi connectivity index (χ0n) is 19.8. The molecule has 0 saturated heterocycles. The first-order chi connectivity index (χ1) is 17.5. The van der Waals surface area contributed by atoms with Crippen LogP contribution in [0.5, 0.6) is 0 Å². The summed E-state index contributed by atoms with van der Waals surface area (Å²) in [6, 6.07) is 20.7. The van der Waals surface area contributed by atoms with Crippen LogP contribution in [-0.4, -0.2) is 20.0 Å². The van der Waals surface area contributed by atoms with Crippen LogP contribution in [0.2, 0.25) is 0 Å². The number of thiol groups is 1. The average molecular weight is 651 g/mol. The summed E-state index contributed by atoms with van der Waals surface area (Å²) in [7, 11) is -2.44. The number of aromatic nitrogens is 2. The molecule has 2 heterocycles. The molecule has 0 aliphatic rings. The molecule has 0 bridgehead atoms. The van der Waals surface area contributed by atoms with Gasteiger partial charge >= 0.3 is 6.18 Å². The van der Waals surface area contributed by atoms with E-state index in [0.717, 1.165) is 33.2 Å². The fourth-order valence-electron chi connectivity index (χ4n) is 4.19.